The summed E-state index contributed by atoms with van der Waals surface area (Å²) in [7, 11) is 0. The molecule has 2 heterocycles. The maximum absolute atomic E-state index is 13.5. The zero-order chi connectivity index (χ0) is 21.5. The van der Waals surface area contributed by atoms with E-state index in [0.29, 0.717) is 16.3 Å². The molecule has 6 nitrogen and oxygen atoms in total. The fraction of sp³-hybridized carbons (Fsp3) is 0.125. The van der Waals surface area contributed by atoms with Gasteiger partial charge in [0.1, 0.15) is 5.92 Å². The van der Waals surface area contributed by atoms with Gasteiger partial charge in [0.15, 0.2) is 6.10 Å². The average molecular weight is 430 g/mol. The van der Waals surface area contributed by atoms with Crippen molar-refractivity contribution >= 4 is 34.8 Å². The van der Waals surface area contributed by atoms with Crippen LogP contribution in [0.3, 0.4) is 0 Å². The van der Waals surface area contributed by atoms with E-state index in [2.05, 4.69) is 6.07 Å². The summed E-state index contributed by atoms with van der Waals surface area (Å²) in [6, 6.07) is 24.5. The lowest BCUT2D eigenvalue weighted by molar-refractivity contribution is -0.126. The highest BCUT2D eigenvalue weighted by Gasteiger charge is 2.60. The molecule has 2 amide bonds. The van der Waals surface area contributed by atoms with Crippen LogP contribution < -0.4 is 9.96 Å². The van der Waals surface area contributed by atoms with Crippen molar-refractivity contribution in [2.24, 2.45) is 5.92 Å². The van der Waals surface area contributed by atoms with E-state index in [1.807, 2.05) is 30.3 Å². The molecule has 0 unspecified atom stereocenters. The number of benzene rings is 3. The average Bonchev–Trinajstić information content (AvgIpc) is 3.31. The number of hydrogen-bond donors (Lipinski definition) is 0. The van der Waals surface area contributed by atoms with Crippen LogP contribution in [0.1, 0.15) is 17.2 Å². The molecule has 152 valence electrons. The summed E-state index contributed by atoms with van der Waals surface area (Å²) in [5.74, 6) is -1.46. The van der Waals surface area contributed by atoms with Crippen molar-refractivity contribution in [3.63, 3.8) is 0 Å². The molecule has 3 aromatic carbocycles. The fourth-order valence-electron chi connectivity index (χ4n) is 4.15. The number of nitriles is 1. The summed E-state index contributed by atoms with van der Waals surface area (Å²) in [6.45, 7) is 0. The van der Waals surface area contributed by atoms with Crippen LogP contribution in [0, 0.1) is 17.2 Å². The van der Waals surface area contributed by atoms with Gasteiger partial charge in [-0.15, -0.1) is 0 Å². The lowest BCUT2D eigenvalue weighted by Gasteiger charge is -2.28. The summed E-state index contributed by atoms with van der Waals surface area (Å²) in [5.41, 5.74) is 2.50. The highest BCUT2D eigenvalue weighted by Crippen LogP contribution is 2.47. The van der Waals surface area contributed by atoms with Crippen LogP contribution >= 0.6 is 11.6 Å². The molecule has 7 heteroatoms. The number of carbonyl (C=O) groups is 2. The van der Waals surface area contributed by atoms with Crippen molar-refractivity contribution in [3.05, 3.63) is 95.0 Å². The number of fused-ring (bicyclic) bond motifs is 1. The van der Waals surface area contributed by atoms with Crippen molar-refractivity contribution in [2.45, 2.75) is 12.1 Å². The Bertz CT molecular complexity index is 1190. The molecule has 0 saturated carbocycles. The normalized spacial score (nSPS) is 22.5. The number of imide groups is 1. The van der Waals surface area contributed by atoms with Gasteiger partial charge in [0.05, 0.1) is 29.0 Å². The topological polar surface area (TPSA) is 73.6 Å². The quantitative estimate of drug-likeness (QED) is 0.581. The Kier molecular flexibility index (Phi) is 4.70. The van der Waals surface area contributed by atoms with E-state index in [1.165, 1.54) is 4.90 Å². The van der Waals surface area contributed by atoms with Gasteiger partial charge in [-0.2, -0.15) is 5.26 Å². The van der Waals surface area contributed by atoms with E-state index in [4.69, 9.17) is 21.7 Å². The molecule has 3 aromatic rings. The van der Waals surface area contributed by atoms with E-state index < -0.39 is 24.0 Å². The van der Waals surface area contributed by atoms with Gasteiger partial charge < -0.3 is 0 Å². The van der Waals surface area contributed by atoms with Gasteiger partial charge in [-0.25, -0.2) is 9.96 Å². The molecule has 5 rings (SSSR count). The standard InChI is InChI=1S/C24H16ClN3O3/c25-17-10-12-18(13-11-17)27-23(29)20-21(16-8-6-15(14-26)7-9-16)28(31-22(20)24(27)30)19-4-2-1-3-5-19/h1-13,20-22H/t20-,21-,22+/m1/s1. The lowest BCUT2D eigenvalue weighted by atomic mass is 9.90. The molecule has 2 saturated heterocycles. The van der Waals surface area contributed by atoms with E-state index in [-0.39, 0.29) is 5.91 Å². The second-order valence-corrected chi connectivity index (χ2v) is 7.82. The highest BCUT2D eigenvalue weighted by atomic mass is 35.5. The summed E-state index contributed by atoms with van der Waals surface area (Å²) in [4.78, 5) is 33.9. The van der Waals surface area contributed by atoms with Crippen molar-refractivity contribution in [1.82, 2.24) is 0 Å². The molecular weight excluding hydrogens is 414 g/mol. The smallest absolute Gasteiger partial charge is 0.266 e. The molecule has 2 aliphatic rings. The summed E-state index contributed by atoms with van der Waals surface area (Å²) in [5, 5.41) is 11.3. The van der Waals surface area contributed by atoms with Crippen LogP contribution in [0.2, 0.25) is 5.02 Å². The Balaban J connectivity index is 1.58. The largest absolute Gasteiger partial charge is 0.273 e. The van der Waals surface area contributed by atoms with Crippen molar-refractivity contribution < 1.29 is 14.4 Å². The van der Waals surface area contributed by atoms with Gasteiger partial charge in [-0.1, -0.05) is 41.9 Å². The molecule has 3 atom stereocenters. The Hall–Kier alpha value is -3.66. The summed E-state index contributed by atoms with van der Waals surface area (Å²) < 4.78 is 0. The SMILES string of the molecule is N#Cc1ccc([C@@H]2[C@H]3C(=O)N(c4ccc(Cl)cc4)C(=O)[C@H]3ON2c2ccccc2)cc1. The second kappa shape index (κ2) is 7.55. The second-order valence-electron chi connectivity index (χ2n) is 7.38. The Morgan fingerprint density at radius 1 is 0.839 bits per heavy atom. The monoisotopic (exact) mass is 429 g/mol. The first kappa shape index (κ1) is 19.3. The number of halogens is 1. The molecule has 2 aliphatic heterocycles. The molecule has 0 N–H and O–H groups in total. The number of hydroxylamine groups is 1. The summed E-state index contributed by atoms with van der Waals surface area (Å²) in [6.07, 6.45) is -0.941. The van der Waals surface area contributed by atoms with E-state index in [0.717, 1.165) is 11.3 Å². The van der Waals surface area contributed by atoms with Gasteiger partial charge in [-0.05, 0) is 54.1 Å². The first-order valence-electron chi connectivity index (χ1n) is 9.73. The van der Waals surface area contributed by atoms with Gasteiger partial charge in [0.25, 0.3) is 5.91 Å². The third-order valence-electron chi connectivity index (χ3n) is 5.59. The number of para-hydroxylation sites is 1. The number of hydrogen-bond acceptors (Lipinski definition) is 5. The van der Waals surface area contributed by atoms with Crippen LogP contribution in [-0.4, -0.2) is 17.9 Å². The molecule has 0 bridgehead atoms. The van der Waals surface area contributed by atoms with Crippen molar-refractivity contribution in [2.75, 3.05) is 9.96 Å². The Morgan fingerprint density at radius 2 is 1.52 bits per heavy atom. The first-order chi connectivity index (χ1) is 15.1. The zero-order valence-corrected chi connectivity index (χ0v) is 16.9. The molecular formula is C24H16ClN3O3. The minimum Gasteiger partial charge on any atom is -0.273 e. The highest BCUT2D eigenvalue weighted by molar-refractivity contribution is 6.31. The number of nitrogens with zero attached hydrogens (tertiary/aromatic N) is 3. The van der Waals surface area contributed by atoms with Gasteiger partial charge in [-0.3, -0.25) is 14.4 Å². The van der Waals surface area contributed by atoms with Crippen LogP contribution in [0.25, 0.3) is 0 Å². The van der Waals surface area contributed by atoms with Gasteiger partial charge in [0.2, 0.25) is 5.91 Å². The third kappa shape index (κ3) is 3.15. The Morgan fingerprint density at radius 3 is 2.16 bits per heavy atom. The molecule has 31 heavy (non-hydrogen) atoms. The van der Waals surface area contributed by atoms with Crippen LogP contribution in [-0.2, 0) is 14.4 Å². The Labute approximate surface area is 183 Å². The van der Waals surface area contributed by atoms with Crippen molar-refractivity contribution in [1.29, 1.82) is 5.26 Å². The maximum atomic E-state index is 13.5. The predicted octanol–water partition coefficient (Wildman–Crippen LogP) is 4.26. The molecule has 0 aliphatic carbocycles. The minimum atomic E-state index is -0.941. The molecule has 2 fully saturated rings. The fourth-order valence-corrected chi connectivity index (χ4v) is 4.28. The van der Waals surface area contributed by atoms with E-state index in [1.54, 1.807) is 53.6 Å². The van der Waals surface area contributed by atoms with Crippen LogP contribution in [0.5, 0.6) is 0 Å². The molecule has 0 radical (unpaired) electrons. The van der Waals surface area contributed by atoms with Crippen LogP contribution in [0.4, 0.5) is 11.4 Å². The van der Waals surface area contributed by atoms with E-state index in [9.17, 15) is 9.59 Å². The lowest BCUT2D eigenvalue weighted by Crippen LogP contribution is -2.37. The number of amides is 2. The van der Waals surface area contributed by atoms with Gasteiger partial charge in [0, 0.05) is 5.02 Å². The number of anilines is 2. The number of carbonyl (C=O) groups excluding carboxylic acids is 2. The molecule has 0 spiro atoms. The van der Waals surface area contributed by atoms with Crippen molar-refractivity contribution in [3.8, 4) is 6.07 Å². The zero-order valence-electron chi connectivity index (χ0n) is 16.2. The minimum absolute atomic E-state index is 0.329. The maximum Gasteiger partial charge on any atom is 0.266 e. The number of rotatable bonds is 3. The summed E-state index contributed by atoms with van der Waals surface area (Å²) >= 11 is 5.96. The molecule has 0 aromatic heterocycles. The van der Waals surface area contributed by atoms with E-state index >= 15 is 0 Å². The van der Waals surface area contributed by atoms with Crippen LogP contribution in [0.15, 0.2) is 78.9 Å². The van der Waals surface area contributed by atoms with Gasteiger partial charge >= 0.3 is 0 Å². The third-order valence-corrected chi connectivity index (χ3v) is 5.84. The predicted molar refractivity (Wildman–Crippen MR) is 115 cm³/mol. The first-order valence-corrected chi connectivity index (χ1v) is 10.1.